The first-order valence-electron chi connectivity index (χ1n) is 4.99. The van der Waals surface area contributed by atoms with Gasteiger partial charge in [-0.1, -0.05) is 0 Å². The van der Waals surface area contributed by atoms with E-state index in [0.717, 1.165) is 28.9 Å². The third-order valence-corrected chi connectivity index (χ3v) is 4.12. The van der Waals surface area contributed by atoms with Gasteiger partial charge in [0.1, 0.15) is 0 Å². The monoisotopic (exact) mass is 320 g/mol. The molecule has 3 nitrogen and oxygen atoms in total. The molecule has 0 aromatic carbocycles. The van der Waals surface area contributed by atoms with Crippen LogP contribution in [0.15, 0.2) is 12.4 Å². The Morgan fingerprint density at radius 3 is 2.67 bits per heavy atom. The van der Waals surface area contributed by atoms with Gasteiger partial charge in [0.25, 0.3) is 0 Å². The summed E-state index contributed by atoms with van der Waals surface area (Å²) in [5.74, 6) is 0.825. The molecule has 1 aromatic rings. The minimum Gasteiger partial charge on any atom is -1.00 e. The molecular weight excluding hydrogens is 309 g/mol. The van der Waals surface area contributed by atoms with Crippen molar-refractivity contribution in [3.8, 4) is 0 Å². The molecule has 0 N–H and O–H groups in total. The van der Waals surface area contributed by atoms with E-state index in [1.54, 1.807) is 0 Å². The first-order chi connectivity index (χ1) is 6.75. The molecule has 1 saturated heterocycles. The van der Waals surface area contributed by atoms with Crippen molar-refractivity contribution in [1.29, 1.82) is 0 Å². The molecule has 0 radical (unpaired) electrons. The third-order valence-electron chi connectivity index (χ3n) is 2.57. The van der Waals surface area contributed by atoms with Crippen LogP contribution in [0.25, 0.3) is 0 Å². The molecule has 2 rings (SSSR count). The van der Waals surface area contributed by atoms with Crippen molar-refractivity contribution in [2.24, 2.45) is 0 Å². The Hall–Kier alpha value is 0.143. The molecule has 15 heavy (non-hydrogen) atoms. The summed E-state index contributed by atoms with van der Waals surface area (Å²) in [4.78, 5) is 8.40. The van der Waals surface area contributed by atoms with Gasteiger partial charge in [-0.15, -0.1) is 0 Å². The van der Waals surface area contributed by atoms with Crippen molar-refractivity contribution < 1.29 is 40.0 Å². The van der Waals surface area contributed by atoms with Gasteiger partial charge < -0.3 is 17.0 Å². The zero-order chi connectivity index (χ0) is 9.97. The number of hydrogen-bond donors (Lipinski definition) is 0. The molecule has 2 atom stereocenters. The van der Waals surface area contributed by atoms with Crippen LogP contribution in [0.2, 0.25) is 4.51 Å². The van der Waals surface area contributed by atoms with E-state index in [0.29, 0.717) is 0 Å². The molecule has 78 valence electrons. The van der Waals surface area contributed by atoms with Gasteiger partial charge in [0.15, 0.2) is 0 Å². The van der Waals surface area contributed by atoms with Crippen molar-refractivity contribution in [3.63, 3.8) is 0 Å². The first kappa shape index (κ1) is 13.2. The van der Waals surface area contributed by atoms with Crippen molar-refractivity contribution in [2.45, 2.75) is 30.4 Å². The van der Waals surface area contributed by atoms with E-state index in [-0.39, 0.29) is 23.1 Å². The van der Waals surface area contributed by atoms with Crippen LogP contribution in [0, 0.1) is 6.92 Å². The summed E-state index contributed by atoms with van der Waals surface area (Å²) < 4.78 is 6.58. The predicted octanol–water partition coefficient (Wildman–Crippen LogP) is -1.02. The van der Waals surface area contributed by atoms with Crippen molar-refractivity contribution in [3.05, 3.63) is 23.8 Å². The molecule has 1 fully saturated rings. The Labute approximate surface area is 110 Å². The summed E-state index contributed by atoms with van der Waals surface area (Å²) in [6.45, 7) is 2.80. The average molecular weight is 323 g/mol. The maximum absolute atomic E-state index is 5.71. The van der Waals surface area contributed by atoms with Gasteiger partial charge >= 0.3 is 93.8 Å². The second kappa shape index (κ2) is 6.02. The molecule has 0 aliphatic carbocycles. The standard InChI is InChI=1S/C10H13N2O.BrH.Zn/c1-8-11-6-9(7-12-8)10-4-2-3-5-13-10;;/h2,6-7,10H,3-5H2,1H3;1H;/q;;+1/p-1. The van der Waals surface area contributed by atoms with Gasteiger partial charge in [-0.25, -0.2) is 0 Å². The van der Waals surface area contributed by atoms with Crippen LogP contribution in [0.1, 0.15) is 30.3 Å². The number of hydrogen-bond acceptors (Lipinski definition) is 3. The molecule has 0 spiro atoms. The number of ether oxygens (including phenoxy) is 1. The summed E-state index contributed by atoms with van der Waals surface area (Å²) in [5, 5.41) is 0. The van der Waals surface area contributed by atoms with Crippen molar-refractivity contribution in [2.75, 3.05) is 6.61 Å². The number of halogens is 1. The van der Waals surface area contributed by atoms with Crippen LogP contribution in [-0.2, 0) is 23.0 Å². The third kappa shape index (κ3) is 3.58. The summed E-state index contributed by atoms with van der Waals surface area (Å²) in [6, 6.07) is 0. The van der Waals surface area contributed by atoms with Crippen LogP contribution in [-0.4, -0.2) is 16.6 Å². The Bertz CT molecular complexity index is 307. The molecular formula is C10H13BrN2OZn. The van der Waals surface area contributed by atoms with Crippen LogP contribution in [0.5, 0.6) is 0 Å². The molecule has 0 amide bonds. The van der Waals surface area contributed by atoms with Gasteiger partial charge in [-0.3, -0.25) is 0 Å². The Morgan fingerprint density at radius 1 is 1.40 bits per heavy atom. The predicted molar refractivity (Wildman–Crippen MR) is 48.4 cm³/mol. The fourth-order valence-corrected chi connectivity index (χ4v) is 2.65. The van der Waals surface area contributed by atoms with Gasteiger partial charge in [0.2, 0.25) is 0 Å². The number of aryl methyl sites for hydroxylation is 1. The smallest absolute Gasteiger partial charge is 1.00 e. The van der Waals surface area contributed by atoms with Crippen molar-refractivity contribution >= 4 is 0 Å². The minimum absolute atomic E-state index is 0. The van der Waals surface area contributed by atoms with Crippen LogP contribution < -0.4 is 17.0 Å². The number of aromatic nitrogens is 2. The zero-order valence-electron chi connectivity index (χ0n) is 8.82. The fraction of sp³-hybridized carbons (Fsp3) is 0.600. The summed E-state index contributed by atoms with van der Waals surface area (Å²) in [5.41, 5.74) is 1.13. The molecule has 2 unspecified atom stereocenters. The second-order valence-electron chi connectivity index (χ2n) is 3.81. The first-order valence-corrected chi connectivity index (χ1v) is 6.70. The Morgan fingerprint density at radius 2 is 2.07 bits per heavy atom. The van der Waals surface area contributed by atoms with E-state index in [9.17, 15) is 0 Å². The zero-order valence-corrected chi connectivity index (χ0v) is 13.4. The van der Waals surface area contributed by atoms with E-state index in [4.69, 9.17) is 4.74 Å². The van der Waals surface area contributed by atoms with Gasteiger partial charge in [-0.05, 0) is 0 Å². The average Bonchev–Trinajstić information content (AvgIpc) is 2.19. The van der Waals surface area contributed by atoms with Gasteiger partial charge in [-0.2, -0.15) is 0 Å². The number of nitrogens with zero attached hydrogens (tertiary/aromatic N) is 2. The van der Waals surface area contributed by atoms with Crippen LogP contribution in [0.3, 0.4) is 0 Å². The summed E-state index contributed by atoms with van der Waals surface area (Å²) in [7, 11) is 0. The molecule has 0 bridgehead atoms. The van der Waals surface area contributed by atoms with Crippen LogP contribution >= 0.6 is 0 Å². The van der Waals surface area contributed by atoms with E-state index < -0.39 is 0 Å². The maximum atomic E-state index is 5.71. The van der Waals surface area contributed by atoms with E-state index >= 15 is 0 Å². The molecule has 2 heterocycles. The molecule has 0 saturated carbocycles. The topological polar surface area (TPSA) is 35.0 Å². The van der Waals surface area contributed by atoms with E-state index in [2.05, 4.69) is 9.97 Å². The SMILES string of the molecule is Cc1ncc(C2C[CH]([Zn+])CCO2)cn1.[Br-]. The minimum atomic E-state index is 0. The Balaban J connectivity index is 0.00000112. The van der Waals surface area contributed by atoms with Crippen molar-refractivity contribution in [1.82, 2.24) is 9.97 Å². The van der Waals surface area contributed by atoms with Crippen LogP contribution in [0.4, 0.5) is 0 Å². The maximum Gasteiger partial charge on any atom is -1.00 e. The largest absolute Gasteiger partial charge is 1.00 e. The Kier molecular flexibility index (Phi) is 5.30. The molecule has 1 aliphatic heterocycles. The molecule has 1 aliphatic rings. The normalized spacial score (nSPS) is 25.8. The number of rotatable bonds is 1. The van der Waals surface area contributed by atoms with Gasteiger partial charge in [0, 0.05) is 0 Å². The van der Waals surface area contributed by atoms with Gasteiger partial charge in [0.05, 0.1) is 0 Å². The van der Waals surface area contributed by atoms with E-state index in [1.807, 2.05) is 19.3 Å². The fourth-order valence-electron chi connectivity index (χ4n) is 1.67. The molecule has 5 heteroatoms. The summed E-state index contributed by atoms with van der Waals surface area (Å²) in [6.07, 6.45) is 6.40. The van der Waals surface area contributed by atoms with E-state index in [1.165, 1.54) is 24.7 Å². The molecule has 1 aromatic heterocycles. The quantitative estimate of drug-likeness (QED) is 0.621. The summed E-state index contributed by atoms with van der Waals surface area (Å²) >= 11 is 1.37. The second-order valence-corrected chi connectivity index (χ2v) is 6.24.